The van der Waals surface area contributed by atoms with Gasteiger partial charge in [-0.2, -0.15) is 10.5 Å². The number of hydrogen-bond acceptors (Lipinski definition) is 7. The number of morpholine rings is 1. The standard InChI is InChI=1S/C25H27N3O4S/c1-16(2)31-22-13-19(14-26)24(21(15-27)23(22)32-17(3)4)33-20-7-5-18(6-8-20)25(29)28-9-11-30-12-10-28/h5-8,13,16-17H,9-12H2,1-4H3. The van der Waals surface area contributed by atoms with E-state index in [2.05, 4.69) is 12.1 Å². The van der Waals surface area contributed by atoms with Crippen molar-refractivity contribution in [2.75, 3.05) is 26.3 Å². The van der Waals surface area contributed by atoms with Crippen molar-refractivity contribution in [3.8, 4) is 23.6 Å². The van der Waals surface area contributed by atoms with Crippen LogP contribution in [0.5, 0.6) is 11.5 Å². The van der Waals surface area contributed by atoms with E-state index in [0.29, 0.717) is 53.8 Å². The van der Waals surface area contributed by atoms with Gasteiger partial charge in [0.25, 0.3) is 5.91 Å². The predicted molar refractivity (Wildman–Crippen MR) is 125 cm³/mol. The summed E-state index contributed by atoms with van der Waals surface area (Å²) in [4.78, 5) is 15.8. The Hall–Kier alpha value is -3.20. The molecule has 0 radical (unpaired) electrons. The largest absolute Gasteiger partial charge is 0.487 e. The summed E-state index contributed by atoms with van der Waals surface area (Å²) >= 11 is 1.29. The van der Waals surface area contributed by atoms with Crippen molar-refractivity contribution in [1.29, 1.82) is 10.5 Å². The molecule has 0 saturated carbocycles. The molecule has 1 amide bonds. The van der Waals surface area contributed by atoms with Crippen LogP contribution >= 0.6 is 11.8 Å². The fourth-order valence-electron chi connectivity index (χ4n) is 3.34. The van der Waals surface area contributed by atoms with Crippen molar-refractivity contribution in [3.05, 3.63) is 47.0 Å². The fraction of sp³-hybridized carbons (Fsp3) is 0.400. The maximum absolute atomic E-state index is 12.7. The van der Waals surface area contributed by atoms with Gasteiger partial charge in [-0.25, -0.2) is 0 Å². The number of carbonyl (C=O) groups is 1. The van der Waals surface area contributed by atoms with Crippen LogP contribution < -0.4 is 9.47 Å². The molecule has 7 nitrogen and oxygen atoms in total. The summed E-state index contributed by atoms with van der Waals surface area (Å²) in [6.45, 7) is 9.74. The van der Waals surface area contributed by atoms with E-state index in [1.54, 1.807) is 23.1 Å². The summed E-state index contributed by atoms with van der Waals surface area (Å²) in [6.07, 6.45) is -0.324. The molecule has 33 heavy (non-hydrogen) atoms. The average Bonchev–Trinajstić information content (AvgIpc) is 2.80. The van der Waals surface area contributed by atoms with Crippen molar-refractivity contribution in [3.63, 3.8) is 0 Å². The second-order valence-corrected chi connectivity index (χ2v) is 9.13. The van der Waals surface area contributed by atoms with E-state index in [9.17, 15) is 15.3 Å². The Labute approximate surface area is 198 Å². The van der Waals surface area contributed by atoms with Gasteiger partial charge in [-0.1, -0.05) is 11.8 Å². The molecule has 172 valence electrons. The van der Waals surface area contributed by atoms with Crippen molar-refractivity contribution >= 4 is 17.7 Å². The Kier molecular flexibility index (Phi) is 8.21. The molecule has 0 atom stereocenters. The first-order chi connectivity index (χ1) is 15.8. The highest BCUT2D eigenvalue weighted by Crippen LogP contribution is 2.43. The van der Waals surface area contributed by atoms with E-state index < -0.39 is 0 Å². The summed E-state index contributed by atoms with van der Waals surface area (Å²) in [6, 6.07) is 13.2. The molecule has 0 bridgehead atoms. The topological polar surface area (TPSA) is 95.6 Å². The molecule has 1 fully saturated rings. The van der Waals surface area contributed by atoms with E-state index in [1.165, 1.54) is 11.8 Å². The molecule has 2 aromatic carbocycles. The molecule has 3 rings (SSSR count). The van der Waals surface area contributed by atoms with Crippen LogP contribution in [0.1, 0.15) is 49.2 Å². The van der Waals surface area contributed by atoms with Crippen LogP contribution in [-0.2, 0) is 4.74 Å². The summed E-state index contributed by atoms with van der Waals surface area (Å²) in [5.41, 5.74) is 1.18. The van der Waals surface area contributed by atoms with Gasteiger partial charge in [-0.05, 0) is 52.0 Å². The number of hydrogen-bond donors (Lipinski definition) is 0. The van der Waals surface area contributed by atoms with Crippen LogP contribution in [0.25, 0.3) is 0 Å². The van der Waals surface area contributed by atoms with Crippen molar-refractivity contribution in [2.24, 2.45) is 0 Å². The predicted octanol–water partition coefficient (Wildman–Crippen LogP) is 4.63. The number of carbonyl (C=O) groups excluding carboxylic acids is 1. The van der Waals surface area contributed by atoms with Gasteiger partial charge in [0.15, 0.2) is 11.5 Å². The molecule has 1 saturated heterocycles. The molecule has 2 aromatic rings. The molecular weight excluding hydrogens is 438 g/mol. The third-order valence-electron chi connectivity index (χ3n) is 4.77. The second-order valence-electron chi connectivity index (χ2n) is 8.04. The number of benzene rings is 2. The van der Waals surface area contributed by atoms with Crippen LogP contribution in [0, 0.1) is 22.7 Å². The SMILES string of the molecule is CC(C)Oc1cc(C#N)c(Sc2ccc(C(=O)N3CCOCC3)cc2)c(C#N)c1OC(C)C. The van der Waals surface area contributed by atoms with Gasteiger partial charge in [0.2, 0.25) is 0 Å². The summed E-state index contributed by atoms with van der Waals surface area (Å²) < 4.78 is 17.1. The average molecular weight is 466 g/mol. The van der Waals surface area contributed by atoms with E-state index in [0.717, 1.165) is 4.90 Å². The molecule has 0 unspecified atom stereocenters. The van der Waals surface area contributed by atoms with Gasteiger partial charge in [0.05, 0.1) is 35.9 Å². The molecule has 0 N–H and O–H groups in total. The van der Waals surface area contributed by atoms with Crippen molar-refractivity contribution in [2.45, 2.75) is 49.7 Å². The van der Waals surface area contributed by atoms with Gasteiger partial charge in [-0.15, -0.1) is 0 Å². The quantitative estimate of drug-likeness (QED) is 0.588. The Morgan fingerprint density at radius 2 is 1.67 bits per heavy atom. The first-order valence-electron chi connectivity index (χ1n) is 10.8. The van der Waals surface area contributed by atoms with Crippen LogP contribution in [0.4, 0.5) is 0 Å². The van der Waals surface area contributed by atoms with Crippen molar-refractivity contribution in [1.82, 2.24) is 4.90 Å². The lowest BCUT2D eigenvalue weighted by Crippen LogP contribution is -2.40. The van der Waals surface area contributed by atoms with Crippen LogP contribution in [0.3, 0.4) is 0 Å². The number of nitriles is 2. The highest BCUT2D eigenvalue weighted by atomic mass is 32.2. The van der Waals surface area contributed by atoms with Crippen molar-refractivity contribution < 1.29 is 19.0 Å². The Morgan fingerprint density at radius 1 is 1.03 bits per heavy atom. The molecule has 8 heteroatoms. The molecule has 0 aromatic heterocycles. The zero-order valence-corrected chi connectivity index (χ0v) is 20.1. The molecule has 0 spiro atoms. The fourth-order valence-corrected chi connectivity index (χ4v) is 4.30. The van der Waals surface area contributed by atoms with Crippen LogP contribution in [0.2, 0.25) is 0 Å². The third-order valence-corrected chi connectivity index (χ3v) is 5.90. The van der Waals surface area contributed by atoms with Gasteiger partial charge in [0.1, 0.15) is 17.7 Å². The lowest BCUT2D eigenvalue weighted by atomic mass is 10.1. The maximum atomic E-state index is 12.7. The lowest BCUT2D eigenvalue weighted by Gasteiger charge is -2.26. The zero-order chi connectivity index (χ0) is 24.0. The molecule has 1 heterocycles. The first-order valence-corrected chi connectivity index (χ1v) is 11.6. The molecule has 1 aliphatic rings. The minimum atomic E-state index is -0.178. The lowest BCUT2D eigenvalue weighted by molar-refractivity contribution is 0.0303. The number of nitrogens with zero attached hydrogens (tertiary/aromatic N) is 3. The number of amides is 1. The Balaban J connectivity index is 1.94. The maximum Gasteiger partial charge on any atom is 0.254 e. The molecule has 0 aliphatic carbocycles. The third kappa shape index (κ3) is 5.98. The second kappa shape index (κ2) is 11.1. The van der Waals surface area contributed by atoms with E-state index in [-0.39, 0.29) is 23.7 Å². The molecular formula is C25H27N3O4S. The Morgan fingerprint density at radius 3 is 2.21 bits per heavy atom. The smallest absolute Gasteiger partial charge is 0.254 e. The normalized spacial score (nSPS) is 13.5. The minimum absolute atomic E-state index is 0.0342. The highest BCUT2D eigenvalue weighted by Gasteiger charge is 2.24. The van der Waals surface area contributed by atoms with E-state index in [1.807, 2.05) is 39.8 Å². The minimum Gasteiger partial charge on any atom is -0.487 e. The van der Waals surface area contributed by atoms with E-state index >= 15 is 0 Å². The number of rotatable bonds is 7. The first kappa shape index (κ1) is 24.4. The van der Waals surface area contributed by atoms with Gasteiger partial charge < -0.3 is 19.1 Å². The summed E-state index contributed by atoms with van der Waals surface area (Å²) in [5.74, 6) is 0.678. The zero-order valence-electron chi connectivity index (χ0n) is 19.3. The Bertz CT molecular complexity index is 1080. The summed E-state index contributed by atoms with van der Waals surface area (Å²) in [5, 5.41) is 19.7. The van der Waals surface area contributed by atoms with Gasteiger partial charge in [0, 0.05) is 29.6 Å². The van der Waals surface area contributed by atoms with Gasteiger partial charge >= 0.3 is 0 Å². The summed E-state index contributed by atoms with van der Waals surface area (Å²) in [7, 11) is 0. The monoisotopic (exact) mass is 465 g/mol. The van der Waals surface area contributed by atoms with Crippen LogP contribution in [-0.4, -0.2) is 49.3 Å². The highest BCUT2D eigenvalue weighted by molar-refractivity contribution is 7.99. The molecule has 1 aliphatic heterocycles. The van der Waals surface area contributed by atoms with Crippen LogP contribution in [0.15, 0.2) is 40.1 Å². The van der Waals surface area contributed by atoms with E-state index in [4.69, 9.17) is 14.2 Å². The number of ether oxygens (including phenoxy) is 3. The van der Waals surface area contributed by atoms with Gasteiger partial charge in [-0.3, -0.25) is 4.79 Å².